The molecule has 2 rings (SSSR count). The predicted octanol–water partition coefficient (Wildman–Crippen LogP) is 3.16. The molecule has 1 N–H and O–H groups in total. The van der Waals surface area contributed by atoms with Crippen LogP contribution in [0.2, 0.25) is 0 Å². The maximum absolute atomic E-state index is 4.73. The summed E-state index contributed by atoms with van der Waals surface area (Å²) in [6.45, 7) is 12.7. The Morgan fingerprint density at radius 3 is 2.67 bits per heavy atom. The monoisotopic (exact) mass is 290 g/mol. The van der Waals surface area contributed by atoms with Gasteiger partial charge < -0.3 is 10.2 Å². The third-order valence-electron chi connectivity index (χ3n) is 4.30. The van der Waals surface area contributed by atoms with Crippen LogP contribution in [0.15, 0.2) is 6.20 Å². The summed E-state index contributed by atoms with van der Waals surface area (Å²) in [4.78, 5) is 11.6. The molecule has 1 fully saturated rings. The van der Waals surface area contributed by atoms with Gasteiger partial charge in [0.05, 0.1) is 0 Å². The summed E-state index contributed by atoms with van der Waals surface area (Å²) < 4.78 is 0. The zero-order valence-electron chi connectivity index (χ0n) is 14.0. The molecule has 1 aliphatic rings. The van der Waals surface area contributed by atoms with Crippen molar-refractivity contribution in [2.45, 2.75) is 53.5 Å². The molecule has 1 heterocycles. The number of aromatic nitrogens is 2. The molecule has 1 aromatic heterocycles. The standard InChI is InChI=1S/C17H30N4/c1-5-21(12-15-7-6-8-15)17-19-11-16(14(4)20-17)10-18-9-13(2)3/h11,13,15,18H,5-10,12H2,1-4H3. The first-order valence-corrected chi connectivity index (χ1v) is 8.38. The summed E-state index contributed by atoms with van der Waals surface area (Å²) in [6.07, 6.45) is 6.12. The van der Waals surface area contributed by atoms with Gasteiger partial charge in [0.15, 0.2) is 0 Å². The Balaban J connectivity index is 1.95. The molecule has 4 nitrogen and oxygen atoms in total. The molecule has 0 aromatic carbocycles. The van der Waals surface area contributed by atoms with Gasteiger partial charge in [-0.1, -0.05) is 20.3 Å². The zero-order valence-corrected chi connectivity index (χ0v) is 14.0. The van der Waals surface area contributed by atoms with Crippen LogP contribution in [0.4, 0.5) is 5.95 Å². The minimum absolute atomic E-state index is 0.670. The van der Waals surface area contributed by atoms with Crippen molar-refractivity contribution in [3.8, 4) is 0 Å². The van der Waals surface area contributed by atoms with Crippen molar-refractivity contribution in [3.05, 3.63) is 17.5 Å². The molecule has 0 saturated heterocycles. The van der Waals surface area contributed by atoms with Gasteiger partial charge in [-0.2, -0.15) is 0 Å². The maximum atomic E-state index is 4.73. The van der Waals surface area contributed by atoms with Crippen LogP contribution >= 0.6 is 0 Å². The zero-order chi connectivity index (χ0) is 15.2. The lowest BCUT2D eigenvalue weighted by Gasteiger charge is -2.32. The van der Waals surface area contributed by atoms with Crippen LogP contribution in [-0.2, 0) is 6.54 Å². The number of nitrogens with one attached hydrogen (secondary N) is 1. The molecular formula is C17H30N4. The van der Waals surface area contributed by atoms with Crippen LogP contribution in [-0.4, -0.2) is 29.6 Å². The molecular weight excluding hydrogens is 260 g/mol. The normalized spacial score (nSPS) is 15.3. The lowest BCUT2D eigenvalue weighted by atomic mass is 9.85. The Labute approximate surface area is 129 Å². The highest BCUT2D eigenvalue weighted by molar-refractivity contribution is 5.33. The molecule has 1 saturated carbocycles. The van der Waals surface area contributed by atoms with E-state index in [0.717, 1.165) is 43.7 Å². The van der Waals surface area contributed by atoms with Crippen LogP contribution in [0.25, 0.3) is 0 Å². The van der Waals surface area contributed by atoms with Crippen molar-refractivity contribution in [2.75, 3.05) is 24.5 Å². The topological polar surface area (TPSA) is 41.1 Å². The third kappa shape index (κ3) is 4.67. The Hall–Kier alpha value is -1.16. The van der Waals surface area contributed by atoms with Crippen molar-refractivity contribution in [1.29, 1.82) is 0 Å². The SMILES string of the molecule is CCN(CC1CCC1)c1ncc(CNCC(C)C)c(C)n1. The van der Waals surface area contributed by atoms with Crippen LogP contribution in [0.1, 0.15) is 51.3 Å². The molecule has 1 aromatic rings. The van der Waals surface area contributed by atoms with Gasteiger partial charge in [0, 0.05) is 37.1 Å². The second kappa shape index (κ2) is 7.74. The molecule has 1 aliphatic carbocycles. The third-order valence-corrected chi connectivity index (χ3v) is 4.30. The summed E-state index contributed by atoms with van der Waals surface area (Å²) in [5.74, 6) is 2.42. The van der Waals surface area contributed by atoms with Gasteiger partial charge in [0.1, 0.15) is 0 Å². The van der Waals surface area contributed by atoms with E-state index in [1.165, 1.54) is 24.8 Å². The first kappa shape index (κ1) is 16.2. The fourth-order valence-electron chi connectivity index (χ4n) is 2.64. The van der Waals surface area contributed by atoms with E-state index < -0.39 is 0 Å². The summed E-state index contributed by atoms with van der Waals surface area (Å²) >= 11 is 0. The summed E-state index contributed by atoms with van der Waals surface area (Å²) in [7, 11) is 0. The Bertz CT molecular complexity index is 440. The Morgan fingerprint density at radius 1 is 1.38 bits per heavy atom. The van der Waals surface area contributed by atoms with E-state index in [0.29, 0.717) is 5.92 Å². The minimum Gasteiger partial charge on any atom is -0.341 e. The van der Waals surface area contributed by atoms with E-state index in [1.807, 2.05) is 6.20 Å². The number of nitrogens with zero attached hydrogens (tertiary/aromatic N) is 3. The molecule has 0 aliphatic heterocycles. The largest absolute Gasteiger partial charge is 0.341 e. The van der Waals surface area contributed by atoms with Crippen molar-refractivity contribution in [1.82, 2.24) is 15.3 Å². The van der Waals surface area contributed by atoms with Crippen molar-refractivity contribution in [2.24, 2.45) is 11.8 Å². The molecule has 0 radical (unpaired) electrons. The number of hydrogen-bond donors (Lipinski definition) is 1. The molecule has 0 atom stereocenters. The first-order chi connectivity index (χ1) is 10.1. The van der Waals surface area contributed by atoms with E-state index in [-0.39, 0.29) is 0 Å². The highest BCUT2D eigenvalue weighted by Gasteiger charge is 2.21. The number of aryl methyl sites for hydroxylation is 1. The molecule has 0 unspecified atom stereocenters. The van der Waals surface area contributed by atoms with Crippen LogP contribution in [0.5, 0.6) is 0 Å². The molecule has 4 heteroatoms. The summed E-state index contributed by atoms with van der Waals surface area (Å²) in [5.41, 5.74) is 2.31. The smallest absolute Gasteiger partial charge is 0.225 e. The number of anilines is 1. The highest BCUT2D eigenvalue weighted by atomic mass is 15.2. The fourth-order valence-corrected chi connectivity index (χ4v) is 2.64. The lowest BCUT2D eigenvalue weighted by molar-refractivity contribution is 0.317. The predicted molar refractivity (Wildman–Crippen MR) is 88.5 cm³/mol. The Kier molecular flexibility index (Phi) is 5.97. The average molecular weight is 290 g/mol. The van der Waals surface area contributed by atoms with E-state index in [4.69, 9.17) is 4.98 Å². The van der Waals surface area contributed by atoms with Gasteiger partial charge in [0.25, 0.3) is 0 Å². The van der Waals surface area contributed by atoms with Gasteiger partial charge in [-0.25, -0.2) is 9.97 Å². The molecule has 0 amide bonds. The van der Waals surface area contributed by atoms with Gasteiger partial charge >= 0.3 is 0 Å². The Morgan fingerprint density at radius 2 is 2.14 bits per heavy atom. The lowest BCUT2D eigenvalue weighted by Crippen LogP contribution is -2.33. The van der Waals surface area contributed by atoms with E-state index in [9.17, 15) is 0 Å². The van der Waals surface area contributed by atoms with Crippen molar-refractivity contribution >= 4 is 5.95 Å². The van der Waals surface area contributed by atoms with Gasteiger partial charge in [0.2, 0.25) is 5.95 Å². The number of rotatable bonds is 8. The number of hydrogen-bond acceptors (Lipinski definition) is 4. The highest BCUT2D eigenvalue weighted by Crippen LogP contribution is 2.28. The second-order valence-electron chi connectivity index (χ2n) is 6.64. The van der Waals surface area contributed by atoms with Gasteiger partial charge in [-0.3, -0.25) is 0 Å². The van der Waals surface area contributed by atoms with Gasteiger partial charge in [-0.05, 0) is 45.1 Å². The van der Waals surface area contributed by atoms with E-state index in [1.54, 1.807) is 0 Å². The quantitative estimate of drug-likeness (QED) is 0.798. The fraction of sp³-hybridized carbons (Fsp3) is 0.765. The van der Waals surface area contributed by atoms with Crippen LogP contribution < -0.4 is 10.2 Å². The van der Waals surface area contributed by atoms with Gasteiger partial charge in [-0.15, -0.1) is 0 Å². The molecule has 21 heavy (non-hydrogen) atoms. The van der Waals surface area contributed by atoms with Crippen molar-refractivity contribution in [3.63, 3.8) is 0 Å². The van der Waals surface area contributed by atoms with Crippen LogP contribution in [0, 0.1) is 18.8 Å². The summed E-state index contributed by atoms with van der Waals surface area (Å²) in [6, 6.07) is 0. The van der Waals surface area contributed by atoms with Crippen LogP contribution in [0.3, 0.4) is 0 Å². The average Bonchev–Trinajstić information content (AvgIpc) is 2.39. The molecule has 0 spiro atoms. The second-order valence-corrected chi connectivity index (χ2v) is 6.64. The minimum atomic E-state index is 0.670. The maximum Gasteiger partial charge on any atom is 0.225 e. The van der Waals surface area contributed by atoms with E-state index in [2.05, 4.69) is 42.9 Å². The van der Waals surface area contributed by atoms with E-state index >= 15 is 0 Å². The van der Waals surface area contributed by atoms with Crippen molar-refractivity contribution < 1.29 is 0 Å². The summed E-state index contributed by atoms with van der Waals surface area (Å²) in [5, 5.41) is 3.46. The molecule has 118 valence electrons. The first-order valence-electron chi connectivity index (χ1n) is 8.38. The molecule has 0 bridgehead atoms.